The molecule has 5 nitrogen and oxygen atoms in total. The van der Waals surface area contributed by atoms with Gasteiger partial charge in [-0.2, -0.15) is 4.98 Å². The Hall–Kier alpha value is -1.33. The van der Waals surface area contributed by atoms with Gasteiger partial charge in [0.05, 0.1) is 12.3 Å². The zero-order valence-corrected chi connectivity index (χ0v) is 12.0. The van der Waals surface area contributed by atoms with Crippen LogP contribution in [0.1, 0.15) is 26.0 Å². The predicted octanol–water partition coefficient (Wildman–Crippen LogP) is 1.96. The Morgan fingerprint density at radius 2 is 2.37 bits per heavy atom. The molecule has 0 saturated carbocycles. The standard InChI is InChI=1S/C14H23N3O2/c1-11(2)15-8-13-10-19-14(16-13)17-6-4-12(5-7-17)9-18-3/h4,10-11,15H,5-9H2,1-3H3. The summed E-state index contributed by atoms with van der Waals surface area (Å²) in [5.41, 5.74) is 2.31. The van der Waals surface area contributed by atoms with Crippen LogP contribution < -0.4 is 10.2 Å². The lowest BCUT2D eigenvalue weighted by atomic mass is 10.1. The number of nitrogens with one attached hydrogen (secondary N) is 1. The summed E-state index contributed by atoms with van der Waals surface area (Å²) < 4.78 is 10.7. The molecule has 0 fully saturated rings. The van der Waals surface area contributed by atoms with Crippen LogP contribution in [0.5, 0.6) is 0 Å². The van der Waals surface area contributed by atoms with Crippen molar-refractivity contribution in [2.24, 2.45) is 0 Å². The third kappa shape index (κ3) is 4.08. The molecule has 0 saturated heterocycles. The lowest BCUT2D eigenvalue weighted by Crippen LogP contribution is -2.29. The molecule has 0 radical (unpaired) electrons. The zero-order chi connectivity index (χ0) is 13.7. The third-order valence-electron chi connectivity index (χ3n) is 3.13. The Bertz CT molecular complexity index is 426. The van der Waals surface area contributed by atoms with Gasteiger partial charge < -0.3 is 19.4 Å². The van der Waals surface area contributed by atoms with Crippen LogP contribution in [0.3, 0.4) is 0 Å². The first kappa shape index (κ1) is 14.1. The number of hydrogen-bond acceptors (Lipinski definition) is 5. The van der Waals surface area contributed by atoms with Gasteiger partial charge in [-0.05, 0) is 12.0 Å². The maximum Gasteiger partial charge on any atom is 0.297 e. The van der Waals surface area contributed by atoms with Crippen molar-refractivity contribution in [2.45, 2.75) is 32.9 Å². The summed E-state index contributed by atoms with van der Waals surface area (Å²) >= 11 is 0. The first-order chi connectivity index (χ1) is 9.19. The van der Waals surface area contributed by atoms with Gasteiger partial charge in [-0.1, -0.05) is 19.9 Å². The van der Waals surface area contributed by atoms with Crippen LogP contribution in [-0.2, 0) is 11.3 Å². The van der Waals surface area contributed by atoms with E-state index in [1.165, 1.54) is 5.57 Å². The van der Waals surface area contributed by atoms with E-state index in [0.717, 1.165) is 38.4 Å². The number of ether oxygens (including phenoxy) is 1. The van der Waals surface area contributed by atoms with Crippen LogP contribution in [0, 0.1) is 0 Å². The number of oxazole rings is 1. The zero-order valence-electron chi connectivity index (χ0n) is 12.0. The highest BCUT2D eigenvalue weighted by molar-refractivity contribution is 5.32. The van der Waals surface area contributed by atoms with Gasteiger partial charge in [0.2, 0.25) is 0 Å². The Morgan fingerprint density at radius 1 is 1.53 bits per heavy atom. The molecule has 1 aromatic rings. The average Bonchev–Trinajstić information content (AvgIpc) is 2.86. The fraction of sp³-hybridized carbons (Fsp3) is 0.643. The lowest BCUT2D eigenvalue weighted by molar-refractivity contribution is 0.222. The second kappa shape index (κ2) is 6.73. The molecule has 2 heterocycles. The normalized spacial score (nSPS) is 16.0. The van der Waals surface area contributed by atoms with E-state index < -0.39 is 0 Å². The fourth-order valence-electron chi connectivity index (χ4n) is 2.03. The van der Waals surface area contributed by atoms with Crippen molar-refractivity contribution in [1.82, 2.24) is 10.3 Å². The van der Waals surface area contributed by atoms with E-state index in [1.54, 1.807) is 13.4 Å². The van der Waals surface area contributed by atoms with Crippen molar-refractivity contribution < 1.29 is 9.15 Å². The van der Waals surface area contributed by atoms with Crippen molar-refractivity contribution in [3.05, 3.63) is 23.6 Å². The molecule has 2 rings (SSSR count). The maximum absolute atomic E-state index is 5.55. The number of aromatic nitrogens is 1. The predicted molar refractivity (Wildman–Crippen MR) is 75.3 cm³/mol. The first-order valence-corrected chi connectivity index (χ1v) is 6.78. The molecule has 0 spiro atoms. The molecular formula is C14H23N3O2. The molecule has 19 heavy (non-hydrogen) atoms. The van der Waals surface area contributed by atoms with Crippen molar-refractivity contribution in [1.29, 1.82) is 0 Å². The van der Waals surface area contributed by atoms with Gasteiger partial charge >= 0.3 is 0 Å². The van der Waals surface area contributed by atoms with Gasteiger partial charge in [0, 0.05) is 32.8 Å². The van der Waals surface area contributed by atoms with E-state index in [1.807, 2.05) is 0 Å². The minimum Gasteiger partial charge on any atom is -0.432 e. The summed E-state index contributed by atoms with van der Waals surface area (Å²) in [7, 11) is 1.73. The topological polar surface area (TPSA) is 50.5 Å². The summed E-state index contributed by atoms with van der Waals surface area (Å²) in [4.78, 5) is 6.66. The third-order valence-corrected chi connectivity index (χ3v) is 3.13. The van der Waals surface area contributed by atoms with Crippen molar-refractivity contribution in [3.8, 4) is 0 Å². The van der Waals surface area contributed by atoms with Gasteiger partial charge in [-0.15, -0.1) is 0 Å². The number of rotatable bonds is 6. The van der Waals surface area contributed by atoms with Crippen molar-refractivity contribution >= 4 is 6.01 Å². The second-order valence-corrected chi connectivity index (χ2v) is 5.15. The Labute approximate surface area is 114 Å². The quantitative estimate of drug-likeness (QED) is 0.797. The van der Waals surface area contributed by atoms with Gasteiger partial charge in [0.15, 0.2) is 0 Å². The minimum absolute atomic E-state index is 0.453. The van der Waals surface area contributed by atoms with E-state index in [0.29, 0.717) is 12.1 Å². The highest BCUT2D eigenvalue weighted by Crippen LogP contribution is 2.19. The summed E-state index contributed by atoms with van der Waals surface area (Å²) in [6.45, 7) is 7.49. The fourth-order valence-corrected chi connectivity index (χ4v) is 2.03. The van der Waals surface area contributed by atoms with E-state index in [-0.39, 0.29) is 0 Å². The number of hydrogen-bond donors (Lipinski definition) is 1. The van der Waals surface area contributed by atoms with Gasteiger partial charge in [0.1, 0.15) is 6.26 Å². The smallest absolute Gasteiger partial charge is 0.297 e. The first-order valence-electron chi connectivity index (χ1n) is 6.78. The maximum atomic E-state index is 5.55. The summed E-state index contributed by atoms with van der Waals surface area (Å²) in [6.07, 6.45) is 4.94. The molecule has 1 aliphatic heterocycles. The van der Waals surface area contributed by atoms with Crippen LogP contribution >= 0.6 is 0 Å². The molecule has 0 bridgehead atoms. The van der Waals surface area contributed by atoms with Crippen LogP contribution in [0.4, 0.5) is 6.01 Å². The van der Waals surface area contributed by atoms with Gasteiger partial charge in [-0.3, -0.25) is 0 Å². The van der Waals surface area contributed by atoms with Crippen molar-refractivity contribution in [2.75, 3.05) is 31.7 Å². The van der Waals surface area contributed by atoms with Crippen LogP contribution in [-0.4, -0.2) is 37.8 Å². The highest BCUT2D eigenvalue weighted by atomic mass is 16.5. The summed E-state index contributed by atoms with van der Waals surface area (Å²) in [5, 5.41) is 3.33. The second-order valence-electron chi connectivity index (χ2n) is 5.15. The Kier molecular flexibility index (Phi) is 4.99. The average molecular weight is 265 g/mol. The Morgan fingerprint density at radius 3 is 3.00 bits per heavy atom. The van der Waals surface area contributed by atoms with Gasteiger partial charge in [0.25, 0.3) is 6.01 Å². The van der Waals surface area contributed by atoms with Crippen molar-refractivity contribution in [3.63, 3.8) is 0 Å². The number of methoxy groups -OCH3 is 1. The van der Waals surface area contributed by atoms with Gasteiger partial charge in [-0.25, -0.2) is 0 Å². The molecule has 0 amide bonds. The molecule has 0 atom stereocenters. The monoisotopic (exact) mass is 265 g/mol. The summed E-state index contributed by atoms with van der Waals surface area (Å²) in [6, 6.07) is 1.17. The molecule has 0 unspecified atom stereocenters. The van der Waals surface area contributed by atoms with E-state index in [4.69, 9.17) is 9.15 Å². The minimum atomic E-state index is 0.453. The SMILES string of the molecule is COCC1=CCN(c2nc(CNC(C)C)co2)CC1. The number of nitrogens with zero attached hydrogens (tertiary/aromatic N) is 2. The molecule has 5 heteroatoms. The van der Waals surface area contributed by atoms with Crippen LogP contribution in [0.15, 0.2) is 22.3 Å². The van der Waals surface area contributed by atoms with E-state index >= 15 is 0 Å². The largest absolute Gasteiger partial charge is 0.432 e. The van der Waals surface area contributed by atoms with E-state index in [2.05, 4.69) is 35.1 Å². The molecule has 1 aromatic heterocycles. The molecule has 106 valence electrons. The molecule has 1 N–H and O–H groups in total. The van der Waals surface area contributed by atoms with Crippen LogP contribution in [0.2, 0.25) is 0 Å². The van der Waals surface area contributed by atoms with Crippen LogP contribution in [0.25, 0.3) is 0 Å². The molecule has 0 aliphatic carbocycles. The lowest BCUT2D eigenvalue weighted by Gasteiger charge is -2.24. The van der Waals surface area contributed by atoms with E-state index in [9.17, 15) is 0 Å². The highest BCUT2D eigenvalue weighted by Gasteiger charge is 2.16. The Balaban J connectivity index is 1.89. The summed E-state index contributed by atoms with van der Waals surface area (Å²) in [5.74, 6) is 0. The molecule has 0 aromatic carbocycles. The molecule has 1 aliphatic rings. The number of anilines is 1. The molecular weight excluding hydrogens is 242 g/mol.